The first-order valence-corrected chi connectivity index (χ1v) is 6.71. The largest absolute Gasteiger partial charge is 0.480 e. The van der Waals surface area contributed by atoms with E-state index in [1.807, 2.05) is 0 Å². The molecular weight excluding hydrogens is 280 g/mol. The average Bonchev–Trinajstić information content (AvgIpc) is 2.94. The molecule has 0 aromatic heterocycles. The fraction of sp³-hybridized carbons (Fsp3) is 0.667. The van der Waals surface area contributed by atoms with Crippen molar-refractivity contribution in [3.63, 3.8) is 0 Å². The number of carbonyl (C=O) groups is 4. The van der Waals surface area contributed by atoms with Crippen LogP contribution in [0, 0.1) is 0 Å². The summed E-state index contributed by atoms with van der Waals surface area (Å²) in [6, 6.07) is -1.35. The van der Waals surface area contributed by atoms with Crippen LogP contribution in [0.3, 0.4) is 0 Å². The SMILES string of the molecule is NC(=O)CC[C@H](NC(=O)[C@@H]1CCCN1)C(=O)NCC(=O)O. The molecule has 0 saturated carbocycles. The molecule has 0 aliphatic carbocycles. The van der Waals surface area contributed by atoms with Crippen LogP contribution in [0.4, 0.5) is 0 Å². The van der Waals surface area contributed by atoms with Crippen LogP contribution in [0.25, 0.3) is 0 Å². The number of nitrogens with two attached hydrogens (primary N) is 1. The lowest BCUT2D eigenvalue weighted by molar-refractivity contribution is -0.138. The van der Waals surface area contributed by atoms with Crippen LogP contribution in [0.5, 0.6) is 0 Å². The second kappa shape index (κ2) is 8.20. The topological polar surface area (TPSA) is 151 Å². The molecule has 0 unspecified atom stereocenters. The van der Waals surface area contributed by atoms with E-state index in [-0.39, 0.29) is 24.8 Å². The highest BCUT2D eigenvalue weighted by Crippen LogP contribution is 2.06. The van der Waals surface area contributed by atoms with Gasteiger partial charge in [0, 0.05) is 6.42 Å². The molecule has 21 heavy (non-hydrogen) atoms. The summed E-state index contributed by atoms with van der Waals surface area (Å²) in [6.07, 6.45) is 1.49. The van der Waals surface area contributed by atoms with Gasteiger partial charge in [-0.05, 0) is 25.8 Å². The summed E-state index contributed by atoms with van der Waals surface area (Å²) in [5.74, 6) is -2.78. The maximum Gasteiger partial charge on any atom is 0.322 e. The predicted molar refractivity (Wildman–Crippen MR) is 72.0 cm³/mol. The highest BCUT2D eigenvalue weighted by Gasteiger charge is 2.27. The van der Waals surface area contributed by atoms with Gasteiger partial charge in [-0.1, -0.05) is 0 Å². The van der Waals surface area contributed by atoms with Gasteiger partial charge in [0.1, 0.15) is 12.6 Å². The zero-order chi connectivity index (χ0) is 15.8. The Hall–Kier alpha value is -2.16. The van der Waals surface area contributed by atoms with Gasteiger partial charge in [0.2, 0.25) is 17.7 Å². The van der Waals surface area contributed by atoms with Crippen LogP contribution in [0.15, 0.2) is 0 Å². The first kappa shape index (κ1) is 16.9. The molecule has 0 aromatic rings. The van der Waals surface area contributed by atoms with Gasteiger partial charge in [-0.25, -0.2) is 0 Å². The molecule has 1 heterocycles. The number of carbonyl (C=O) groups excluding carboxylic acids is 3. The van der Waals surface area contributed by atoms with Gasteiger partial charge in [-0.3, -0.25) is 19.2 Å². The maximum absolute atomic E-state index is 12.0. The molecule has 3 amide bonds. The number of carboxylic acids is 1. The summed E-state index contributed by atoms with van der Waals surface area (Å²) in [7, 11) is 0. The highest BCUT2D eigenvalue weighted by atomic mass is 16.4. The summed E-state index contributed by atoms with van der Waals surface area (Å²) in [6.45, 7) is 0.179. The molecule has 6 N–H and O–H groups in total. The van der Waals surface area contributed by atoms with Crippen molar-refractivity contribution in [3.8, 4) is 0 Å². The van der Waals surface area contributed by atoms with E-state index >= 15 is 0 Å². The number of amides is 3. The van der Waals surface area contributed by atoms with Gasteiger partial charge < -0.3 is 26.8 Å². The summed E-state index contributed by atoms with van der Waals surface area (Å²) >= 11 is 0. The third-order valence-corrected chi connectivity index (χ3v) is 3.10. The van der Waals surface area contributed by atoms with Crippen molar-refractivity contribution < 1.29 is 24.3 Å². The summed E-state index contributed by atoms with van der Waals surface area (Å²) in [5, 5.41) is 16.2. The van der Waals surface area contributed by atoms with Gasteiger partial charge in [-0.2, -0.15) is 0 Å². The molecule has 0 aromatic carbocycles. The molecule has 9 heteroatoms. The van der Waals surface area contributed by atoms with Crippen LogP contribution in [0.1, 0.15) is 25.7 Å². The molecule has 1 aliphatic rings. The van der Waals surface area contributed by atoms with Crippen molar-refractivity contribution in [1.82, 2.24) is 16.0 Å². The average molecular weight is 300 g/mol. The molecule has 1 aliphatic heterocycles. The number of hydrogen-bond acceptors (Lipinski definition) is 5. The third kappa shape index (κ3) is 6.21. The number of rotatable bonds is 8. The molecule has 0 radical (unpaired) electrons. The van der Waals surface area contributed by atoms with Crippen LogP contribution in [-0.4, -0.2) is 54.0 Å². The van der Waals surface area contributed by atoms with Gasteiger partial charge in [0.05, 0.1) is 6.04 Å². The van der Waals surface area contributed by atoms with Gasteiger partial charge in [0.25, 0.3) is 0 Å². The minimum Gasteiger partial charge on any atom is -0.480 e. The zero-order valence-electron chi connectivity index (χ0n) is 11.6. The Morgan fingerprint density at radius 3 is 2.57 bits per heavy atom. The third-order valence-electron chi connectivity index (χ3n) is 3.10. The van der Waals surface area contributed by atoms with Gasteiger partial charge >= 0.3 is 5.97 Å². The predicted octanol–water partition coefficient (Wildman–Crippen LogP) is -2.31. The molecule has 1 saturated heterocycles. The smallest absolute Gasteiger partial charge is 0.322 e. The van der Waals surface area contributed by atoms with Crippen molar-refractivity contribution >= 4 is 23.7 Å². The number of nitrogens with one attached hydrogen (secondary N) is 3. The minimum absolute atomic E-state index is 0.0270. The monoisotopic (exact) mass is 300 g/mol. The van der Waals surface area contributed by atoms with E-state index in [4.69, 9.17) is 10.8 Å². The van der Waals surface area contributed by atoms with Crippen molar-refractivity contribution in [2.75, 3.05) is 13.1 Å². The molecule has 0 spiro atoms. The van der Waals surface area contributed by atoms with Crippen LogP contribution in [-0.2, 0) is 19.2 Å². The van der Waals surface area contributed by atoms with E-state index in [2.05, 4.69) is 16.0 Å². The lowest BCUT2D eigenvalue weighted by atomic mass is 10.1. The quantitative estimate of drug-likeness (QED) is 0.340. The Morgan fingerprint density at radius 1 is 1.33 bits per heavy atom. The Morgan fingerprint density at radius 2 is 2.05 bits per heavy atom. The molecule has 1 rings (SSSR count). The Bertz CT molecular complexity index is 420. The van der Waals surface area contributed by atoms with E-state index in [0.29, 0.717) is 6.42 Å². The van der Waals surface area contributed by atoms with E-state index in [0.717, 1.165) is 13.0 Å². The lowest BCUT2D eigenvalue weighted by Gasteiger charge is -2.19. The summed E-state index contributed by atoms with van der Waals surface area (Å²) in [4.78, 5) is 45.0. The van der Waals surface area contributed by atoms with Crippen molar-refractivity contribution in [2.24, 2.45) is 5.73 Å². The maximum atomic E-state index is 12.0. The number of primary amides is 1. The fourth-order valence-corrected chi connectivity index (χ4v) is 2.02. The molecular formula is C12H20N4O5. The van der Waals surface area contributed by atoms with E-state index < -0.39 is 30.4 Å². The molecule has 1 fully saturated rings. The van der Waals surface area contributed by atoms with Crippen molar-refractivity contribution in [2.45, 2.75) is 37.8 Å². The van der Waals surface area contributed by atoms with Crippen molar-refractivity contribution in [3.05, 3.63) is 0 Å². The standard InChI is InChI=1S/C12H20N4O5/c13-9(17)4-3-8(11(20)15-6-10(18)19)16-12(21)7-2-1-5-14-7/h7-8,14H,1-6H2,(H2,13,17)(H,15,20)(H,16,21)(H,18,19)/t7-,8-/m0/s1. The number of aliphatic carboxylic acids is 1. The van der Waals surface area contributed by atoms with Crippen LogP contribution in [0.2, 0.25) is 0 Å². The fourth-order valence-electron chi connectivity index (χ4n) is 2.02. The van der Waals surface area contributed by atoms with Gasteiger partial charge in [0.15, 0.2) is 0 Å². The molecule has 9 nitrogen and oxygen atoms in total. The second-order valence-electron chi connectivity index (χ2n) is 4.83. The Labute approximate surface area is 121 Å². The van der Waals surface area contributed by atoms with Crippen LogP contribution < -0.4 is 21.7 Å². The molecule has 0 bridgehead atoms. The Balaban J connectivity index is 2.57. The van der Waals surface area contributed by atoms with E-state index in [9.17, 15) is 19.2 Å². The second-order valence-corrected chi connectivity index (χ2v) is 4.83. The molecule has 2 atom stereocenters. The Kier molecular flexibility index (Phi) is 6.60. The van der Waals surface area contributed by atoms with E-state index in [1.165, 1.54) is 0 Å². The normalized spacial score (nSPS) is 18.8. The summed E-state index contributed by atoms with van der Waals surface area (Å²) in [5.41, 5.74) is 5.03. The first-order chi connectivity index (χ1) is 9.90. The van der Waals surface area contributed by atoms with Gasteiger partial charge in [-0.15, -0.1) is 0 Å². The first-order valence-electron chi connectivity index (χ1n) is 6.71. The highest BCUT2D eigenvalue weighted by molar-refractivity contribution is 5.91. The number of hydrogen-bond donors (Lipinski definition) is 5. The lowest BCUT2D eigenvalue weighted by Crippen LogP contribution is -2.52. The summed E-state index contributed by atoms with van der Waals surface area (Å²) < 4.78 is 0. The number of carboxylic acid groups (broad SMARTS) is 1. The molecule has 118 valence electrons. The zero-order valence-corrected chi connectivity index (χ0v) is 11.6. The van der Waals surface area contributed by atoms with Crippen molar-refractivity contribution in [1.29, 1.82) is 0 Å². The minimum atomic E-state index is -1.19. The van der Waals surface area contributed by atoms with E-state index in [1.54, 1.807) is 0 Å². The van der Waals surface area contributed by atoms with Crippen LogP contribution >= 0.6 is 0 Å².